The Hall–Kier alpha value is -2.75. The van der Waals surface area contributed by atoms with E-state index in [1.165, 1.54) is 0 Å². The molecule has 36 heavy (non-hydrogen) atoms. The Kier molecular flexibility index (Phi) is 4.61. The quantitative estimate of drug-likeness (QED) is 0.489. The topological polar surface area (TPSA) is 83.0 Å². The molecule has 188 valence electrons. The second-order valence-electron chi connectivity index (χ2n) is 13.0. The van der Waals surface area contributed by atoms with Crippen LogP contribution in [0.4, 0.5) is 10.1 Å². The Morgan fingerprint density at radius 2 is 1.86 bits per heavy atom. The molecular formula is C29H33FN4O2. The zero-order valence-corrected chi connectivity index (χ0v) is 20.9. The van der Waals surface area contributed by atoms with Gasteiger partial charge in [-0.25, -0.2) is 4.39 Å². The number of anilines is 1. The van der Waals surface area contributed by atoms with Crippen LogP contribution < -0.4 is 4.90 Å². The van der Waals surface area contributed by atoms with Crippen LogP contribution in [-0.4, -0.2) is 28.8 Å². The van der Waals surface area contributed by atoms with Crippen LogP contribution in [0.5, 0.6) is 0 Å². The number of hydrogen-bond donors (Lipinski definition) is 0. The third-order valence-electron chi connectivity index (χ3n) is 10.6. The lowest BCUT2D eigenvalue weighted by Gasteiger charge is -2.53. The van der Waals surface area contributed by atoms with Crippen molar-refractivity contribution in [2.75, 3.05) is 11.4 Å². The number of benzene rings is 1. The molecule has 1 amide bonds. The molecule has 1 aromatic heterocycles. The van der Waals surface area contributed by atoms with Gasteiger partial charge >= 0.3 is 0 Å². The fourth-order valence-corrected chi connectivity index (χ4v) is 7.54. The second-order valence-corrected chi connectivity index (χ2v) is 13.0. The van der Waals surface area contributed by atoms with Gasteiger partial charge in [-0.05, 0) is 94.1 Å². The number of fused-ring (bicyclic) bond motifs is 4. The normalized spacial score (nSPS) is 37.2. The van der Waals surface area contributed by atoms with Gasteiger partial charge < -0.3 is 9.42 Å². The zero-order valence-electron chi connectivity index (χ0n) is 20.9. The Balaban J connectivity index is 1.22. The molecule has 0 aliphatic heterocycles. The van der Waals surface area contributed by atoms with E-state index in [2.05, 4.69) is 23.1 Å². The minimum Gasteiger partial charge on any atom is -0.338 e. The summed E-state index contributed by atoms with van der Waals surface area (Å²) >= 11 is 0. The maximum atomic E-state index is 14.5. The summed E-state index contributed by atoms with van der Waals surface area (Å²) in [6.07, 6.45) is 8.60. The number of carbonyl (C=O) groups is 1. The van der Waals surface area contributed by atoms with Crippen LogP contribution in [0.3, 0.4) is 0 Å². The number of aromatic nitrogens is 2. The minimum atomic E-state index is -0.859. The van der Waals surface area contributed by atoms with Gasteiger partial charge in [-0.3, -0.25) is 4.79 Å². The molecular weight excluding hydrogens is 455 g/mol. The molecule has 7 heteroatoms. The van der Waals surface area contributed by atoms with E-state index in [1.807, 2.05) is 29.2 Å². The van der Waals surface area contributed by atoms with Crippen molar-refractivity contribution < 1.29 is 13.7 Å². The van der Waals surface area contributed by atoms with Gasteiger partial charge in [-0.15, -0.1) is 0 Å². The molecule has 9 rings (SSSR count). The third-order valence-corrected chi connectivity index (χ3v) is 10.6. The lowest BCUT2D eigenvalue weighted by molar-refractivity contribution is -0.132. The predicted molar refractivity (Wildman–Crippen MR) is 132 cm³/mol. The van der Waals surface area contributed by atoms with Crippen molar-refractivity contribution in [1.82, 2.24) is 10.1 Å². The molecule has 7 aliphatic rings. The van der Waals surface area contributed by atoms with E-state index in [-0.39, 0.29) is 28.1 Å². The highest BCUT2D eigenvalue weighted by molar-refractivity contribution is 5.99. The largest absolute Gasteiger partial charge is 0.338 e. The Labute approximate surface area is 211 Å². The Morgan fingerprint density at radius 3 is 2.47 bits per heavy atom. The van der Waals surface area contributed by atoms with Crippen LogP contribution in [0.1, 0.15) is 83.4 Å². The van der Waals surface area contributed by atoms with Crippen molar-refractivity contribution in [2.45, 2.75) is 89.1 Å². The van der Waals surface area contributed by atoms with E-state index < -0.39 is 11.6 Å². The Bertz CT molecular complexity index is 1240. The number of nitriles is 1. The van der Waals surface area contributed by atoms with Crippen molar-refractivity contribution >= 4 is 11.6 Å². The number of rotatable bonds is 6. The first-order chi connectivity index (χ1) is 17.3. The van der Waals surface area contributed by atoms with Crippen LogP contribution in [0.2, 0.25) is 0 Å². The van der Waals surface area contributed by atoms with Gasteiger partial charge in [-0.1, -0.05) is 24.2 Å². The fourth-order valence-electron chi connectivity index (χ4n) is 7.54. The van der Waals surface area contributed by atoms with Crippen LogP contribution in [0, 0.1) is 33.5 Å². The standard InChI is InChI=1S/C29H33FN4O2/c1-26(5-6-26)24-32-23(33-36-24)19-3-2-4-21(13-19)34(25(35)29-14-20(15-29)22(30)16-29)18-28-10-7-27(17-31,8-11-28)9-12-28/h2-4,13,20,22H,5-12,14-16,18H2,1H3. The molecule has 7 aliphatic carbocycles. The third kappa shape index (κ3) is 3.29. The van der Waals surface area contributed by atoms with E-state index >= 15 is 0 Å². The molecule has 0 radical (unpaired) electrons. The van der Waals surface area contributed by atoms with E-state index in [0.29, 0.717) is 37.5 Å². The van der Waals surface area contributed by atoms with Crippen molar-refractivity contribution in [3.63, 3.8) is 0 Å². The van der Waals surface area contributed by atoms with Gasteiger partial charge in [0, 0.05) is 23.2 Å². The first kappa shape index (κ1) is 22.4. The minimum absolute atomic E-state index is 0.00403. The highest BCUT2D eigenvalue weighted by atomic mass is 19.1. The SMILES string of the molecule is CC1(c2nc(-c3cccc(N(CC45CCC(C#N)(CC4)CC5)C(=O)C45CC(F)C(C4)C5)c3)no2)CC1. The molecule has 0 N–H and O–H groups in total. The van der Waals surface area contributed by atoms with Crippen molar-refractivity contribution in [3.05, 3.63) is 30.2 Å². The molecule has 6 nitrogen and oxygen atoms in total. The molecule has 4 bridgehead atoms. The fraction of sp³-hybridized carbons (Fsp3) is 0.655. The summed E-state index contributed by atoms with van der Waals surface area (Å²) < 4.78 is 20.1. The molecule has 1 heterocycles. The summed E-state index contributed by atoms with van der Waals surface area (Å²) in [5, 5.41) is 14.0. The average molecular weight is 489 g/mol. The van der Waals surface area contributed by atoms with E-state index in [0.717, 1.165) is 62.6 Å². The van der Waals surface area contributed by atoms with Gasteiger partial charge in [0.15, 0.2) is 0 Å². The van der Waals surface area contributed by atoms with Crippen molar-refractivity contribution in [2.24, 2.45) is 22.2 Å². The number of amides is 1. The smallest absolute Gasteiger partial charge is 0.233 e. The summed E-state index contributed by atoms with van der Waals surface area (Å²) in [5.74, 6) is 1.35. The van der Waals surface area contributed by atoms with Crippen molar-refractivity contribution in [3.8, 4) is 17.5 Å². The summed E-state index contributed by atoms with van der Waals surface area (Å²) in [6.45, 7) is 2.77. The van der Waals surface area contributed by atoms with Crippen LogP contribution >= 0.6 is 0 Å². The number of alkyl halides is 1. The Morgan fingerprint density at radius 1 is 1.14 bits per heavy atom. The number of halogens is 1. The van der Waals surface area contributed by atoms with E-state index in [9.17, 15) is 14.4 Å². The van der Waals surface area contributed by atoms with Gasteiger partial charge in [0.1, 0.15) is 6.17 Å². The van der Waals surface area contributed by atoms with Gasteiger partial charge in [0.2, 0.25) is 17.6 Å². The molecule has 2 aromatic rings. The number of nitrogens with zero attached hydrogens (tertiary/aromatic N) is 4. The number of hydrogen-bond acceptors (Lipinski definition) is 5. The lowest BCUT2D eigenvalue weighted by atomic mass is 9.54. The second kappa shape index (κ2) is 7.40. The molecule has 0 spiro atoms. The maximum Gasteiger partial charge on any atom is 0.233 e. The molecule has 0 saturated heterocycles. The summed E-state index contributed by atoms with van der Waals surface area (Å²) in [5.41, 5.74) is 0.956. The zero-order chi connectivity index (χ0) is 24.8. The monoisotopic (exact) mass is 488 g/mol. The van der Waals surface area contributed by atoms with Crippen molar-refractivity contribution in [1.29, 1.82) is 5.26 Å². The predicted octanol–water partition coefficient (Wildman–Crippen LogP) is 6.12. The first-order valence-electron chi connectivity index (χ1n) is 13.6. The summed E-state index contributed by atoms with van der Waals surface area (Å²) in [7, 11) is 0. The maximum absolute atomic E-state index is 14.5. The van der Waals surface area contributed by atoms with Crippen LogP contribution in [0.15, 0.2) is 28.8 Å². The number of carbonyl (C=O) groups excluding carboxylic acids is 1. The highest BCUT2D eigenvalue weighted by Gasteiger charge is 2.62. The lowest BCUT2D eigenvalue weighted by Crippen LogP contribution is -2.53. The van der Waals surface area contributed by atoms with Gasteiger partial charge in [-0.2, -0.15) is 10.2 Å². The van der Waals surface area contributed by atoms with Gasteiger partial charge in [0.05, 0.1) is 16.9 Å². The van der Waals surface area contributed by atoms with E-state index in [1.54, 1.807) is 0 Å². The average Bonchev–Trinajstić information content (AvgIpc) is 3.23. The highest BCUT2D eigenvalue weighted by Crippen LogP contribution is 2.62. The molecule has 1 atom stereocenters. The molecule has 1 unspecified atom stereocenters. The van der Waals surface area contributed by atoms with E-state index in [4.69, 9.17) is 4.52 Å². The first-order valence-corrected chi connectivity index (χ1v) is 13.6. The van der Waals surface area contributed by atoms with Crippen LogP contribution in [-0.2, 0) is 10.2 Å². The summed E-state index contributed by atoms with van der Waals surface area (Å²) in [4.78, 5) is 20.8. The molecule has 7 fully saturated rings. The summed E-state index contributed by atoms with van der Waals surface area (Å²) in [6, 6.07) is 10.5. The molecule has 1 aromatic carbocycles. The van der Waals surface area contributed by atoms with Gasteiger partial charge in [0.25, 0.3) is 0 Å². The van der Waals surface area contributed by atoms with Crippen LogP contribution in [0.25, 0.3) is 11.4 Å². The molecule has 7 saturated carbocycles.